The van der Waals surface area contributed by atoms with Gasteiger partial charge in [0.25, 0.3) is 5.91 Å². The van der Waals surface area contributed by atoms with E-state index in [0.717, 1.165) is 6.07 Å². The number of hydrogen-bond acceptors (Lipinski definition) is 4. The first-order valence-electron chi connectivity index (χ1n) is 5.26. The molecule has 0 aliphatic rings. The van der Waals surface area contributed by atoms with Crippen LogP contribution in [-0.2, 0) is 0 Å². The second-order valence-corrected chi connectivity index (χ2v) is 4.70. The smallest absolute Gasteiger partial charge is 0.254 e. The minimum Gasteiger partial charge on any atom is -0.435 e. The van der Waals surface area contributed by atoms with Crippen molar-refractivity contribution in [2.75, 3.05) is 5.73 Å². The van der Waals surface area contributed by atoms with E-state index in [9.17, 15) is 13.6 Å². The first-order chi connectivity index (χ1) is 9.38. The van der Waals surface area contributed by atoms with Crippen LogP contribution in [0.25, 0.3) is 0 Å². The van der Waals surface area contributed by atoms with Crippen molar-refractivity contribution in [2.45, 2.75) is 0 Å². The standard InChI is InChI=1S/C12H8BrF2N3O2/c13-5-1-8(14)10(15)9(2-5)20-12-7(11(17)19)3-6(16)4-18-12/h1-4H,16H2,(H2,17,19). The van der Waals surface area contributed by atoms with Crippen LogP contribution in [-0.4, -0.2) is 10.9 Å². The molecule has 0 bridgehead atoms. The maximum atomic E-state index is 13.6. The van der Waals surface area contributed by atoms with E-state index in [2.05, 4.69) is 20.9 Å². The first kappa shape index (κ1) is 14.2. The molecule has 20 heavy (non-hydrogen) atoms. The van der Waals surface area contributed by atoms with Crippen molar-refractivity contribution in [3.05, 3.63) is 46.1 Å². The summed E-state index contributed by atoms with van der Waals surface area (Å²) in [7, 11) is 0. The molecule has 4 N–H and O–H groups in total. The fraction of sp³-hybridized carbons (Fsp3) is 0. The number of carbonyl (C=O) groups excluding carboxylic acids is 1. The summed E-state index contributed by atoms with van der Waals surface area (Å²) >= 11 is 3.00. The van der Waals surface area contributed by atoms with Crippen molar-refractivity contribution in [2.24, 2.45) is 5.73 Å². The zero-order valence-electron chi connectivity index (χ0n) is 9.86. The maximum Gasteiger partial charge on any atom is 0.254 e. The molecule has 0 saturated heterocycles. The van der Waals surface area contributed by atoms with Gasteiger partial charge in [-0.25, -0.2) is 9.37 Å². The van der Waals surface area contributed by atoms with Crippen molar-refractivity contribution >= 4 is 27.5 Å². The third-order valence-corrected chi connectivity index (χ3v) is 2.76. The van der Waals surface area contributed by atoms with Gasteiger partial charge in [0, 0.05) is 4.47 Å². The van der Waals surface area contributed by atoms with Crippen LogP contribution in [0.15, 0.2) is 28.9 Å². The Hall–Kier alpha value is -2.22. The number of hydrogen-bond donors (Lipinski definition) is 2. The van der Waals surface area contributed by atoms with Crippen LogP contribution in [0.2, 0.25) is 0 Å². The molecule has 104 valence electrons. The summed E-state index contributed by atoms with van der Waals surface area (Å²) in [6.45, 7) is 0. The fourth-order valence-corrected chi connectivity index (χ4v) is 1.85. The molecule has 0 aliphatic heterocycles. The van der Waals surface area contributed by atoms with E-state index in [1.165, 1.54) is 18.3 Å². The lowest BCUT2D eigenvalue weighted by Crippen LogP contribution is -2.13. The highest BCUT2D eigenvalue weighted by Gasteiger charge is 2.17. The number of aromatic nitrogens is 1. The summed E-state index contributed by atoms with van der Waals surface area (Å²) in [6.07, 6.45) is 1.20. The second kappa shape index (κ2) is 5.41. The zero-order valence-corrected chi connectivity index (χ0v) is 11.4. The van der Waals surface area contributed by atoms with E-state index in [4.69, 9.17) is 16.2 Å². The SMILES string of the molecule is NC(=O)c1cc(N)cnc1Oc1cc(Br)cc(F)c1F. The number of carbonyl (C=O) groups is 1. The van der Waals surface area contributed by atoms with Crippen molar-refractivity contribution in [3.8, 4) is 11.6 Å². The van der Waals surface area contributed by atoms with Crippen molar-refractivity contribution in [3.63, 3.8) is 0 Å². The Morgan fingerprint density at radius 1 is 1.30 bits per heavy atom. The predicted octanol–water partition coefficient (Wildman–Crippen LogP) is 2.60. The number of nitrogen functional groups attached to an aromatic ring is 1. The molecule has 0 aliphatic carbocycles. The molecule has 1 aromatic heterocycles. The van der Waals surface area contributed by atoms with Gasteiger partial charge in [-0.2, -0.15) is 4.39 Å². The minimum atomic E-state index is -1.21. The molecule has 0 unspecified atom stereocenters. The molecule has 2 aromatic rings. The van der Waals surface area contributed by atoms with Gasteiger partial charge in [0.2, 0.25) is 11.7 Å². The Kier molecular flexibility index (Phi) is 3.84. The van der Waals surface area contributed by atoms with Gasteiger partial charge in [-0.05, 0) is 18.2 Å². The lowest BCUT2D eigenvalue weighted by atomic mass is 10.2. The van der Waals surface area contributed by atoms with Crippen LogP contribution in [0.1, 0.15) is 10.4 Å². The van der Waals surface area contributed by atoms with Crippen LogP contribution < -0.4 is 16.2 Å². The van der Waals surface area contributed by atoms with Gasteiger partial charge in [-0.1, -0.05) is 15.9 Å². The summed E-state index contributed by atoms with van der Waals surface area (Å²) in [5.41, 5.74) is 10.7. The number of ether oxygens (including phenoxy) is 1. The summed E-state index contributed by atoms with van der Waals surface area (Å²) < 4.78 is 32.2. The first-order valence-corrected chi connectivity index (χ1v) is 6.05. The molecule has 0 radical (unpaired) electrons. The normalized spacial score (nSPS) is 10.3. The van der Waals surface area contributed by atoms with E-state index >= 15 is 0 Å². The Balaban J connectivity index is 2.48. The Bertz CT molecular complexity index is 695. The molecule has 1 aromatic carbocycles. The molecule has 0 spiro atoms. The number of benzene rings is 1. The summed E-state index contributed by atoms with van der Waals surface area (Å²) in [5.74, 6) is -3.86. The molecule has 5 nitrogen and oxygen atoms in total. The Labute approximate surface area is 120 Å². The molecule has 0 saturated carbocycles. The number of anilines is 1. The Morgan fingerprint density at radius 2 is 2.00 bits per heavy atom. The molecule has 1 heterocycles. The quantitative estimate of drug-likeness (QED) is 0.838. The average Bonchev–Trinajstić information content (AvgIpc) is 2.37. The van der Waals surface area contributed by atoms with E-state index in [-0.39, 0.29) is 21.6 Å². The zero-order chi connectivity index (χ0) is 14.9. The molecular weight excluding hydrogens is 336 g/mol. The maximum absolute atomic E-state index is 13.6. The van der Waals surface area contributed by atoms with Gasteiger partial charge >= 0.3 is 0 Å². The van der Waals surface area contributed by atoms with E-state index < -0.39 is 23.3 Å². The molecule has 2 rings (SSSR count). The van der Waals surface area contributed by atoms with Crippen LogP contribution in [0.3, 0.4) is 0 Å². The summed E-state index contributed by atoms with van der Waals surface area (Å²) in [5, 5.41) is 0. The molecular formula is C12H8BrF2N3O2. The fourth-order valence-electron chi connectivity index (χ4n) is 1.44. The van der Waals surface area contributed by atoms with Gasteiger partial charge in [-0.3, -0.25) is 4.79 Å². The van der Waals surface area contributed by atoms with E-state index in [1.54, 1.807) is 0 Å². The molecule has 0 fully saturated rings. The molecule has 0 atom stereocenters. The highest BCUT2D eigenvalue weighted by atomic mass is 79.9. The van der Waals surface area contributed by atoms with Crippen LogP contribution in [0.4, 0.5) is 14.5 Å². The third kappa shape index (κ3) is 2.85. The van der Waals surface area contributed by atoms with Crippen molar-refractivity contribution < 1.29 is 18.3 Å². The largest absolute Gasteiger partial charge is 0.435 e. The van der Waals surface area contributed by atoms with E-state index in [1.807, 2.05) is 0 Å². The van der Waals surface area contributed by atoms with Gasteiger partial charge in [-0.15, -0.1) is 0 Å². The number of pyridine rings is 1. The lowest BCUT2D eigenvalue weighted by Gasteiger charge is -2.10. The van der Waals surface area contributed by atoms with Gasteiger partial charge in [0.1, 0.15) is 5.56 Å². The minimum absolute atomic E-state index is 0.134. The highest BCUT2D eigenvalue weighted by Crippen LogP contribution is 2.30. The highest BCUT2D eigenvalue weighted by molar-refractivity contribution is 9.10. The second-order valence-electron chi connectivity index (χ2n) is 3.79. The number of amides is 1. The summed E-state index contributed by atoms with van der Waals surface area (Å²) in [6, 6.07) is 3.37. The van der Waals surface area contributed by atoms with Crippen molar-refractivity contribution in [1.29, 1.82) is 0 Å². The number of nitrogens with two attached hydrogens (primary N) is 2. The average molecular weight is 344 g/mol. The number of primary amides is 1. The monoisotopic (exact) mass is 343 g/mol. The predicted molar refractivity (Wildman–Crippen MR) is 71.3 cm³/mol. The lowest BCUT2D eigenvalue weighted by molar-refractivity contribution is 0.0997. The number of halogens is 3. The summed E-state index contributed by atoms with van der Waals surface area (Å²) in [4.78, 5) is 15.0. The van der Waals surface area contributed by atoms with Gasteiger partial charge < -0.3 is 16.2 Å². The Morgan fingerprint density at radius 3 is 2.65 bits per heavy atom. The van der Waals surface area contributed by atoms with Crippen LogP contribution in [0, 0.1) is 11.6 Å². The topological polar surface area (TPSA) is 91.2 Å². The van der Waals surface area contributed by atoms with Crippen molar-refractivity contribution in [1.82, 2.24) is 4.98 Å². The number of nitrogens with zero attached hydrogens (tertiary/aromatic N) is 1. The molecule has 1 amide bonds. The molecule has 8 heteroatoms. The van der Waals surface area contributed by atoms with Crippen LogP contribution in [0.5, 0.6) is 11.6 Å². The van der Waals surface area contributed by atoms with Gasteiger partial charge in [0.15, 0.2) is 11.6 Å². The number of rotatable bonds is 3. The van der Waals surface area contributed by atoms with Gasteiger partial charge in [0.05, 0.1) is 11.9 Å². The van der Waals surface area contributed by atoms with E-state index in [0.29, 0.717) is 0 Å². The van der Waals surface area contributed by atoms with Crippen LogP contribution >= 0.6 is 15.9 Å². The third-order valence-electron chi connectivity index (χ3n) is 2.30.